The van der Waals surface area contributed by atoms with Gasteiger partial charge in [-0.1, -0.05) is 47.5 Å². The van der Waals surface area contributed by atoms with Crippen molar-refractivity contribution in [2.24, 2.45) is 0 Å². The van der Waals surface area contributed by atoms with Gasteiger partial charge < -0.3 is 9.47 Å². The van der Waals surface area contributed by atoms with Gasteiger partial charge in [0.2, 0.25) is 6.93 Å². The number of alkyl halides is 6. The standard InChI is InChI=1S/C40H24Cl2F4O4.CH2F2/c41-31-13-1-25(2-14-31)37(47)27-5-17-33(18-6-27)49-35-21-9-29(10-22-35)39(43,40(44,45)46)30-11-23-36(24-12-30)50-34-19-7-28(8-20-34)38(48)26-3-15-32(42)16-4-26;2-1-3/h1-24H;1H2. The lowest BCUT2D eigenvalue weighted by molar-refractivity contribution is -0.219. The van der Waals surface area contributed by atoms with Gasteiger partial charge in [-0.15, -0.1) is 0 Å². The van der Waals surface area contributed by atoms with E-state index in [4.69, 9.17) is 32.7 Å². The molecule has 0 spiro atoms. The first-order valence-corrected chi connectivity index (χ1v) is 16.3. The van der Waals surface area contributed by atoms with Crippen LogP contribution in [-0.2, 0) is 5.67 Å². The molecule has 6 rings (SSSR count). The van der Waals surface area contributed by atoms with Crippen molar-refractivity contribution in [3.8, 4) is 23.0 Å². The second-order valence-electron chi connectivity index (χ2n) is 11.2. The van der Waals surface area contributed by atoms with Gasteiger partial charge in [-0.25, -0.2) is 13.2 Å². The normalized spacial score (nSPS) is 11.2. The maximum atomic E-state index is 16.2. The molecule has 53 heavy (non-hydrogen) atoms. The van der Waals surface area contributed by atoms with Crippen LogP contribution in [0.25, 0.3) is 0 Å². The highest BCUT2D eigenvalue weighted by molar-refractivity contribution is 6.31. The summed E-state index contributed by atoms with van der Waals surface area (Å²) < 4.78 is 90.0. The van der Waals surface area contributed by atoms with Gasteiger partial charge in [0.25, 0.3) is 5.67 Å². The molecule has 12 heteroatoms. The molecule has 4 nitrogen and oxygen atoms in total. The zero-order valence-electron chi connectivity index (χ0n) is 27.2. The number of ether oxygens (including phenoxy) is 2. The zero-order valence-corrected chi connectivity index (χ0v) is 28.7. The Hall–Kier alpha value is -5.58. The molecule has 0 heterocycles. The van der Waals surface area contributed by atoms with Crippen molar-refractivity contribution in [3.05, 3.63) is 189 Å². The van der Waals surface area contributed by atoms with Gasteiger partial charge in [0.1, 0.15) is 23.0 Å². The topological polar surface area (TPSA) is 52.6 Å². The summed E-state index contributed by atoms with van der Waals surface area (Å²) in [5, 5.41) is 1.01. The van der Waals surface area contributed by atoms with E-state index >= 15 is 4.39 Å². The summed E-state index contributed by atoms with van der Waals surface area (Å²) in [6, 6.07) is 34.3. The molecule has 0 N–H and O–H groups in total. The number of rotatable bonds is 10. The molecule has 6 aromatic rings. The minimum atomic E-state index is -5.29. The molecule has 0 atom stereocenters. The van der Waals surface area contributed by atoms with Crippen LogP contribution in [-0.4, -0.2) is 24.7 Å². The fourth-order valence-electron chi connectivity index (χ4n) is 5.16. The minimum Gasteiger partial charge on any atom is -0.457 e. The molecule has 0 saturated carbocycles. The van der Waals surface area contributed by atoms with Crippen molar-refractivity contribution in [3.63, 3.8) is 0 Å². The van der Waals surface area contributed by atoms with Gasteiger partial charge in [0, 0.05) is 43.4 Å². The smallest absolute Gasteiger partial charge is 0.431 e. The van der Waals surface area contributed by atoms with E-state index in [9.17, 15) is 31.5 Å². The first-order valence-electron chi connectivity index (χ1n) is 15.6. The number of halogens is 8. The highest BCUT2D eigenvalue weighted by atomic mass is 35.5. The van der Waals surface area contributed by atoms with E-state index in [0.29, 0.717) is 43.8 Å². The summed E-state index contributed by atoms with van der Waals surface area (Å²) in [4.78, 5) is 25.4. The van der Waals surface area contributed by atoms with E-state index in [-0.39, 0.29) is 23.1 Å². The van der Waals surface area contributed by atoms with Gasteiger partial charge in [0.05, 0.1) is 0 Å². The molecule has 0 fully saturated rings. The molecule has 270 valence electrons. The fraction of sp³-hybridized carbons (Fsp3) is 0.0732. The maximum Gasteiger partial charge on any atom is 0.431 e. The highest BCUT2D eigenvalue weighted by Gasteiger charge is 2.58. The van der Waals surface area contributed by atoms with E-state index in [1.807, 2.05) is 0 Å². The molecule has 0 aliphatic rings. The first kappa shape index (κ1) is 38.6. The Morgan fingerprint density at radius 2 is 0.660 bits per heavy atom. The van der Waals surface area contributed by atoms with Crippen molar-refractivity contribution in [2.45, 2.75) is 11.8 Å². The highest BCUT2D eigenvalue weighted by Crippen LogP contribution is 2.48. The second-order valence-corrected chi connectivity index (χ2v) is 12.1. The van der Waals surface area contributed by atoms with Crippen molar-refractivity contribution in [2.75, 3.05) is 6.93 Å². The van der Waals surface area contributed by atoms with Crippen LogP contribution in [0, 0.1) is 0 Å². The largest absolute Gasteiger partial charge is 0.457 e. The molecule has 0 aliphatic carbocycles. The Morgan fingerprint density at radius 1 is 0.434 bits per heavy atom. The number of benzene rings is 6. The van der Waals surface area contributed by atoms with Gasteiger partial charge >= 0.3 is 6.18 Å². The molecule has 0 bridgehead atoms. The molecule has 0 aromatic heterocycles. The predicted octanol–water partition coefficient (Wildman–Crippen LogP) is 12.7. The summed E-state index contributed by atoms with van der Waals surface area (Å²) in [6.07, 6.45) is -5.29. The molecule has 0 aliphatic heterocycles. The fourth-order valence-corrected chi connectivity index (χ4v) is 5.41. The first-order chi connectivity index (χ1) is 25.3. The minimum absolute atomic E-state index is 0.166. The van der Waals surface area contributed by atoms with Crippen LogP contribution in [0.4, 0.5) is 26.3 Å². The summed E-state index contributed by atoms with van der Waals surface area (Å²) in [7, 11) is 0. The van der Waals surface area contributed by atoms with Gasteiger partial charge in [-0.3, -0.25) is 9.59 Å². The molecule has 6 aromatic carbocycles. The molecule has 0 amide bonds. The monoisotopic (exact) mass is 766 g/mol. The maximum absolute atomic E-state index is 16.2. The van der Waals surface area contributed by atoms with E-state index in [1.165, 1.54) is 24.3 Å². The Kier molecular flexibility index (Phi) is 12.3. The molecular formula is C41H26Cl2F6O4. The third kappa shape index (κ3) is 9.27. The van der Waals surface area contributed by atoms with Crippen molar-refractivity contribution in [1.82, 2.24) is 0 Å². The summed E-state index contributed by atoms with van der Waals surface area (Å²) in [6.45, 7) is -1.75. The lowest BCUT2D eigenvalue weighted by atomic mass is 9.87. The zero-order chi connectivity index (χ0) is 38.2. The summed E-state index contributed by atoms with van der Waals surface area (Å²) in [5.41, 5.74) is -3.41. The SMILES string of the molecule is FCF.O=C(c1ccc(Cl)cc1)c1ccc(Oc2ccc(C(F)(c3ccc(Oc4ccc(C(=O)c5ccc(Cl)cc5)cc4)cc3)C(F)(F)F)cc2)cc1. The van der Waals surface area contributed by atoms with Gasteiger partial charge in [-0.2, -0.15) is 13.2 Å². The van der Waals surface area contributed by atoms with E-state index in [2.05, 4.69) is 0 Å². The number of carbonyl (C=O) groups is 2. The van der Waals surface area contributed by atoms with Crippen LogP contribution in [0.1, 0.15) is 43.0 Å². The third-order valence-corrected chi connectivity index (χ3v) is 8.32. The second kappa shape index (κ2) is 16.8. The van der Waals surface area contributed by atoms with Gasteiger partial charge in [0.15, 0.2) is 11.6 Å². The average molecular weight is 768 g/mol. The molecular weight excluding hydrogens is 741 g/mol. The Morgan fingerprint density at radius 3 is 0.906 bits per heavy atom. The molecule has 0 saturated heterocycles. The molecule has 0 radical (unpaired) electrons. The van der Waals surface area contributed by atoms with Crippen LogP contribution in [0.2, 0.25) is 10.0 Å². The van der Waals surface area contributed by atoms with E-state index < -0.39 is 29.9 Å². The Labute approximate surface area is 310 Å². The van der Waals surface area contributed by atoms with Crippen molar-refractivity contribution >= 4 is 34.8 Å². The van der Waals surface area contributed by atoms with E-state index in [1.54, 1.807) is 97.1 Å². The molecule has 0 unspecified atom stereocenters. The Balaban J connectivity index is 0.00000175. The summed E-state index contributed by atoms with van der Waals surface area (Å²) in [5.74, 6) is 0.541. The van der Waals surface area contributed by atoms with Crippen molar-refractivity contribution in [1.29, 1.82) is 0 Å². The number of ketones is 2. The van der Waals surface area contributed by atoms with Crippen LogP contribution < -0.4 is 9.47 Å². The van der Waals surface area contributed by atoms with Crippen LogP contribution in [0.3, 0.4) is 0 Å². The lowest BCUT2D eigenvalue weighted by Gasteiger charge is -2.29. The summed E-state index contributed by atoms with van der Waals surface area (Å²) >= 11 is 11.8. The van der Waals surface area contributed by atoms with Crippen LogP contribution in [0.5, 0.6) is 23.0 Å². The average Bonchev–Trinajstić information content (AvgIpc) is 3.16. The van der Waals surface area contributed by atoms with Crippen molar-refractivity contribution < 1.29 is 45.4 Å². The predicted molar refractivity (Wildman–Crippen MR) is 191 cm³/mol. The number of carbonyl (C=O) groups excluding carboxylic acids is 2. The number of hydrogen-bond donors (Lipinski definition) is 0. The quantitative estimate of drug-likeness (QED) is 0.103. The number of hydrogen-bond acceptors (Lipinski definition) is 4. The third-order valence-electron chi connectivity index (χ3n) is 7.81. The van der Waals surface area contributed by atoms with Crippen LogP contribution >= 0.6 is 23.2 Å². The van der Waals surface area contributed by atoms with Crippen LogP contribution in [0.15, 0.2) is 146 Å². The Bertz CT molecular complexity index is 1990. The van der Waals surface area contributed by atoms with E-state index in [0.717, 1.165) is 24.3 Å². The van der Waals surface area contributed by atoms with Gasteiger partial charge in [-0.05, 0) is 121 Å². The lowest BCUT2D eigenvalue weighted by Crippen LogP contribution is -2.39.